The lowest BCUT2D eigenvalue weighted by atomic mass is 10.2. The van der Waals surface area contributed by atoms with E-state index in [1.54, 1.807) is 18.3 Å². The fourth-order valence-corrected chi connectivity index (χ4v) is 1.50. The maximum absolute atomic E-state index is 9.13. The van der Waals surface area contributed by atoms with E-state index in [0.29, 0.717) is 11.6 Å². The van der Waals surface area contributed by atoms with E-state index in [-0.39, 0.29) is 6.61 Å². The van der Waals surface area contributed by atoms with E-state index in [2.05, 4.69) is 20.9 Å². The molecule has 1 aromatic carbocycles. The number of ether oxygens (including phenoxy) is 1. The Morgan fingerprint density at radius 3 is 2.69 bits per heavy atom. The van der Waals surface area contributed by atoms with Gasteiger partial charge in [-0.1, -0.05) is 18.2 Å². The first kappa shape index (κ1) is 11.1. The van der Waals surface area contributed by atoms with E-state index in [4.69, 9.17) is 9.84 Å². The summed E-state index contributed by atoms with van der Waals surface area (Å²) in [4.78, 5) is 4.10. The second-order valence-electron chi connectivity index (χ2n) is 3.18. The topological polar surface area (TPSA) is 42.4 Å². The molecule has 2 aromatic rings. The number of para-hydroxylation sites is 1. The number of aromatic nitrogens is 1. The first-order chi connectivity index (χ1) is 7.79. The van der Waals surface area contributed by atoms with Gasteiger partial charge >= 0.3 is 0 Å². The van der Waals surface area contributed by atoms with E-state index >= 15 is 0 Å². The molecule has 3 nitrogen and oxygen atoms in total. The minimum Gasteiger partial charge on any atom is -0.439 e. The van der Waals surface area contributed by atoms with Crippen LogP contribution in [0.15, 0.2) is 47.1 Å². The zero-order chi connectivity index (χ0) is 11.4. The molecule has 0 radical (unpaired) electrons. The summed E-state index contributed by atoms with van der Waals surface area (Å²) in [5.74, 6) is 1.13. The quantitative estimate of drug-likeness (QED) is 0.939. The van der Waals surface area contributed by atoms with E-state index in [1.165, 1.54) is 0 Å². The normalized spacial score (nSPS) is 10.1. The second-order valence-corrected chi connectivity index (χ2v) is 4.10. The molecule has 0 aliphatic rings. The number of aliphatic hydroxyl groups excluding tert-OH is 1. The molecule has 0 saturated carbocycles. The van der Waals surface area contributed by atoms with Crippen LogP contribution in [0.4, 0.5) is 0 Å². The average molecular weight is 280 g/mol. The predicted octanol–water partition coefficient (Wildman–Crippen LogP) is 3.13. The van der Waals surface area contributed by atoms with Gasteiger partial charge in [-0.05, 0) is 28.1 Å². The summed E-state index contributed by atoms with van der Waals surface area (Å²) in [6.07, 6.45) is 1.66. The highest BCUT2D eigenvalue weighted by Gasteiger charge is 2.03. The standard InChI is InChI=1S/C12H10BrNO2/c13-10-5-6-12(14-7-10)16-11-4-2-1-3-9(11)8-15/h1-7,15H,8H2. The SMILES string of the molecule is OCc1ccccc1Oc1ccc(Br)cn1. The van der Waals surface area contributed by atoms with Crippen LogP contribution in [0, 0.1) is 0 Å². The molecule has 0 aliphatic heterocycles. The Labute approximate surface area is 102 Å². The summed E-state index contributed by atoms with van der Waals surface area (Å²) < 4.78 is 6.46. The molecule has 2 rings (SSSR count). The van der Waals surface area contributed by atoms with Gasteiger partial charge in [0, 0.05) is 22.3 Å². The third kappa shape index (κ3) is 2.59. The highest BCUT2D eigenvalue weighted by Crippen LogP contribution is 2.24. The van der Waals surface area contributed by atoms with Crippen LogP contribution >= 0.6 is 15.9 Å². The first-order valence-electron chi connectivity index (χ1n) is 4.78. The van der Waals surface area contributed by atoms with E-state index in [1.807, 2.05) is 24.3 Å². The van der Waals surface area contributed by atoms with Crippen molar-refractivity contribution in [2.24, 2.45) is 0 Å². The van der Waals surface area contributed by atoms with Crippen LogP contribution in [0.2, 0.25) is 0 Å². The maximum Gasteiger partial charge on any atom is 0.219 e. The third-order valence-electron chi connectivity index (χ3n) is 2.06. The van der Waals surface area contributed by atoms with Gasteiger partial charge in [0.1, 0.15) is 5.75 Å². The number of hydrogen-bond acceptors (Lipinski definition) is 3. The molecule has 16 heavy (non-hydrogen) atoms. The molecule has 0 fully saturated rings. The number of rotatable bonds is 3. The van der Waals surface area contributed by atoms with Crippen molar-refractivity contribution in [3.05, 3.63) is 52.6 Å². The van der Waals surface area contributed by atoms with Gasteiger partial charge in [0.2, 0.25) is 5.88 Å². The molecule has 1 heterocycles. The Kier molecular flexibility index (Phi) is 3.54. The predicted molar refractivity (Wildman–Crippen MR) is 64.4 cm³/mol. The average Bonchev–Trinajstić information content (AvgIpc) is 2.33. The molecule has 82 valence electrons. The van der Waals surface area contributed by atoms with Crippen molar-refractivity contribution in [3.63, 3.8) is 0 Å². The molecule has 0 amide bonds. The van der Waals surface area contributed by atoms with Crippen LogP contribution in [-0.2, 0) is 6.61 Å². The Morgan fingerprint density at radius 1 is 1.19 bits per heavy atom. The number of pyridine rings is 1. The van der Waals surface area contributed by atoms with Crippen molar-refractivity contribution in [3.8, 4) is 11.6 Å². The van der Waals surface area contributed by atoms with Gasteiger partial charge in [0.15, 0.2) is 0 Å². The molecule has 0 aliphatic carbocycles. The summed E-state index contributed by atoms with van der Waals surface area (Å²) in [6.45, 7) is -0.0489. The van der Waals surface area contributed by atoms with Crippen molar-refractivity contribution in [2.75, 3.05) is 0 Å². The van der Waals surface area contributed by atoms with Crippen molar-refractivity contribution in [2.45, 2.75) is 6.61 Å². The van der Waals surface area contributed by atoms with Crippen LogP contribution in [-0.4, -0.2) is 10.1 Å². The molecule has 0 atom stereocenters. The lowest BCUT2D eigenvalue weighted by Gasteiger charge is -2.08. The van der Waals surface area contributed by atoms with E-state index in [0.717, 1.165) is 10.0 Å². The molecule has 1 aromatic heterocycles. The van der Waals surface area contributed by atoms with E-state index in [9.17, 15) is 0 Å². The minimum atomic E-state index is -0.0489. The summed E-state index contributed by atoms with van der Waals surface area (Å²) in [7, 11) is 0. The van der Waals surface area contributed by atoms with Gasteiger partial charge < -0.3 is 9.84 Å². The molecule has 1 N–H and O–H groups in total. The molecule has 0 saturated heterocycles. The zero-order valence-electron chi connectivity index (χ0n) is 8.43. The number of nitrogens with zero attached hydrogens (tertiary/aromatic N) is 1. The number of benzene rings is 1. The van der Waals surface area contributed by atoms with Crippen LogP contribution in [0.5, 0.6) is 11.6 Å². The molecular weight excluding hydrogens is 270 g/mol. The molecule has 0 unspecified atom stereocenters. The Morgan fingerprint density at radius 2 is 2.00 bits per heavy atom. The fraction of sp³-hybridized carbons (Fsp3) is 0.0833. The van der Waals surface area contributed by atoms with Gasteiger partial charge in [-0.3, -0.25) is 0 Å². The van der Waals surface area contributed by atoms with Crippen LogP contribution in [0.25, 0.3) is 0 Å². The molecule has 0 spiro atoms. The van der Waals surface area contributed by atoms with Gasteiger partial charge in [0.05, 0.1) is 6.61 Å². The van der Waals surface area contributed by atoms with Crippen molar-refractivity contribution in [1.82, 2.24) is 4.98 Å². The van der Waals surface area contributed by atoms with Gasteiger partial charge in [-0.25, -0.2) is 4.98 Å². The van der Waals surface area contributed by atoms with Gasteiger partial charge in [-0.15, -0.1) is 0 Å². The highest BCUT2D eigenvalue weighted by molar-refractivity contribution is 9.10. The largest absolute Gasteiger partial charge is 0.439 e. The van der Waals surface area contributed by atoms with Crippen LogP contribution in [0.1, 0.15) is 5.56 Å². The summed E-state index contributed by atoms with van der Waals surface area (Å²) >= 11 is 3.30. The minimum absolute atomic E-state index is 0.0489. The Balaban J connectivity index is 2.23. The monoisotopic (exact) mass is 279 g/mol. The summed E-state index contributed by atoms with van der Waals surface area (Å²) in [6, 6.07) is 10.9. The Hall–Kier alpha value is -1.39. The van der Waals surface area contributed by atoms with Crippen molar-refractivity contribution < 1.29 is 9.84 Å². The number of aliphatic hydroxyl groups is 1. The maximum atomic E-state index is 9.13. The third-order valence-corrected chi connectivity index (χ3v) is 2.53. The van der Waals surface area contributed by atoms with Crippen LogP contribution in [0.3, 0.4) is 0 Å². The van der Waals surface area contributed by atoms with Gasteiger partial charge in [-0.2, -0.15) is 0 Å². The van der Waals surface area contributed by atoms with Crippen molar-refractivity contribution in [1.29, 1.82) is 0 Å². The fourth-order valence-electron chi connectivity index (χ4n) is 1.27. The first-order valence-corrected chi connectivity index (χ1v) is 5.57. The lowest BCUT2D eigenvalue weighted by Crippen LogP contribution is -1.92. The molecular formula is C12H10BrNO2. The number of hydrogen-bond donors (Lipinski definition) is 1. The second kappa shape index (κ2) is 5.09. The van der Waals surface area contributed by atoms with Crippen molar-refractivity contribution >= 4 is 15.9 Å². The summed E-state index contributed by atoms with van der Waals surface area (Å²) in [5, 5.41) is 9.13. The lowest BCUT2D eigenvalue weighted by molar-refractivity contribution is 0.276. The molecule has 0 bridgehead atoms. The highest BCUT2D eigenvalue weighted by atomic mass is 79.9. The zero-order valence-corrected chi connectivity index (χ0v) is 10.0. The smallest absolute Gasteiger partial charge is 0.219 e. The Bertz CT molecular complexity index is 471. The van der Waals surface area contributed by atoms with E-state index < -0.39 is 0 Å². The van der Waals surface area contributed by atoms with Crippen LogP contribution < -0.4 is 4.74 Å². The summed E-state index contributed by atoms with van der Waals surface area (Å²) in [5.41, 5.74) is 0.743. The molecule has 4 heteroatoms. The van der Waals surface area contributed by atoms with Gasteiger partial charge in [0.25, 0.3) is 0 Å². The number of halogens is 1.